The highest BCUT2D eigenvalue weighted by molar-refractivity contribution is 5.86. The van der Waals surface area contributed by atoms with Crippen molar-refractivity contribution in [2.24, 2.45) is 0 Å². The van der Waals surface area contributed by atoms with Crippen LogP contribution in [0.2, 0.25) is 0 Å². The van der Waals surface area contributed by atoms with E-state index in [0.717, 1.165) is 0 Å². The minimum Gasteiger partial charge on any atom is -0.478 e. The molecule has 1 N–H and O–H groups in total. The van der Waals surface area contributed by atoms with Crippen molar-refractivity contribution >= 4 is 11.9 Å². The first kappa shape index (κ1) is 11.4. The molecule has 0 aromatic rings. The van der Waals surface area contributed by atoms with E-state index in [1.807, 2.05) is 0 Å². The van der Waals surface area contributed by atoms with E-state index in [4.69, 9.17) is 5.11 Å². The van der Waals surface area contributed by atoms with Gasteiger partial charge in [0.25, 0.3) is 0 Å². The van der Waals surface area contributed by atoms with Gasteiger partial charge in [0.1, 0.15) is 6.61 Å². The molecule has 0 aliphatic rings. The number of hydrogen-bond acceptors (Lipinski definition) is 3. The van der Waals surface area contributed by atoms with Crippen molar-refractivity contribution in [2.75, 3.05) is 6.61 Å². The maximum Gasteiger partial charge on any atom is 0.331 e. The van der Waals surface area contributed by atoms with E-state index in [2.05, 4.69) is 11.3 Å². The molecule has 0 heterocycles. The molecule has 0 spiro atoms. The van der Waals surface area contributed by atoms with Gasteiger partial charge in [-0.2, -0.15) is 0 Å². The summed E-state index contributed by atoms with van der Waals surface area (Å²) in [4.78, 5) is 20.8. The third-order valence-corrected chi connectivity index (χ3v) is 1.26. The van der Waals surface area contributed by atoms with Gasteiger partial charge in [0.2, 0.25) is 0 Å². The number of rotatable bonds is 5. The number of hydrogen-bond donors (Lipinski definition) is 1. The number of esters is 1. The van der Waals surface area contributed by atoms with Crippen LogP contribution in [0.25, 0.3) is 0 Å². The van der Waals surface area contributed by atoms with Crippen molar-refractivity contribution in [3.8, 4) is 0 Å². The fourth-order valence-corrected chi connectivity index (χ4v) is 0.673. The van der Waals surface area contributed by atoms with E-state index in [9.17, 15) is 9.59 Å². The third-order valence-electron chi connectivity index (χ3n) is 1.26. The number of carboxylic acids is 1. The van der Waals surface area contributed by atoms with Gasteiger partial charge in [-0.05, 0) is 12.5 Å². The molecule has 0 fully saturated rings. The normalized spacial score (nSPS) is 10.7. The lowest BCUT2D eigenvalue weighted by atomic mass is 10.2. The number of carbonyl (C=O) groups excluding carboxylic acids is 1. The van der Waals surface area contributed by atoms with Crippen molar-refractivity contribution in [1.29, 1.82) is 0 Å². The summed E-state index contributed by atoms with van der Waals surface area (Å²) >= 11 is 0. The van der Waals surface area contributed by atoms with Crippen LogP contribution < -0.4 is 0 Å². The van der Waals surface area contributed by atoms with Crippen molar-refractivity contribution in [1.82, 2.24) is 0 Å². The Morgan fingerprint density at radius 3 is 2.54 bits per heavy atom. The van der Waals surface area contributed by atoms with Crippen LogP contribution in [0, 0.1) is 0 Å². The van der Waals surface area contributed by atoms with Gasteiger partial charge in [0.15, 0.2) is 0 Å². The number of allylic oxidation sites excluding steroid dienone is 1. The summed E-state index contributed by atoms with van der Waals surface area (Å²) in [7, 11) is 0. The molecule has 0 saturated heterocycles. The molecule has 0 radical (unpaired) electrons. The van der Waals surface area contributed by atoms with Gasteiger partial charge in [-0.25, -0.2) is 4.79 Å². The molecule has 0 aliphatic heterocycles. The topological polar surface area (TPSA) is 63.6 Å². The summed E-state index contributed by atoms with van der Waals surface area (Å²) < 4.78 is 4.56. The summed E-state index contributed by atoms with van der Waals surface area (Å²) in [5, 5.41) is 8.61. The maximum atomic E-state index is 10.5. The molecule has 0 bridgehead atoms. The first-order chi connectivity index (χ1) is 6.07. The lowest BCUT2D eigenvalue weighted by molar-refractivity contribution is -0.140. The van der Waals surface area contributed by atoms with Crippen LogP contribution >= 0.6 is 0 Å². The number of carbonyl (C=O) groups is 2. The summed E-state index contributed by atoms with van der Waals surface area (Å²) in [6.45, 7) is 4.67. The molecular weight excluding hydrogens is 172 g/mol. The number of ether oxygens (including phenoxy) is 1. The largest absolute Gasteiger partial charge is 0.478 e. The van der Waals surface area contributed by atoms with Crippen LogP contribution in [-0.2, 0) is 14.3 Å². The molecule has 13 heavy (non-hydrogen) atoms. The molecule has 0 aliphatic carbocycles. The zero-order valence-electron chi connectivity index (χ0n) is 7.45. The summed E-state index contributed by atoms with van der Waals surface area (Å²) in [5.41, 5.74) is 0.177. The van der Waals surface area contributed by atoms with Crippen molar-refractivity contribution in [3.63, 3.8) is 0 Å². The van der Waals surface area contributed by atoms with E-state index in [-0.39, 0.29) is 18.6 Å². The molecule has 0 amide bonds. The summed E-state index contributed by atoms with van der Waals surface area (Å²) in [5.74, 6) is -1.45. The molecule has 0 aromatic heterocycles. The monoisotopic (exact) mass is 184 g/mol. The van der Waals surface area contributed by atoms with Crippen LogP contribution in [0.15, 0.2) is 24.3 Å². The zero-order chi connectivity index (χ0) is 10.3. The fourth-order valence-electron chi connectivity index (χ4n) is 0.673. The molecule has 0 rings (SSSR count). The average Bonchev–Trinajstić information content (AvgIpc) is 2.02. The third kappa shape index (κ3) is 5.66. The molecule has 72 valence electrons. The molecule has 0 unspecified atom stereocenters. The van der Waals surface area contributed by atoms with E-state index in [1.54, 1.807) is 0 Å². The molecular formula is C9H12O4. The van der Waals surface area contributed by atoms with E-state index in [0.29, 0.717) is 0 Å². The number of carboxylic acid groups (broad SMARTS) is 1. The van der Waals surface area contributed by atoms with E-state index in [1.165, 1.54) is 19.1 Å². The average molecular weight is 184 g/mol. The first-order valence-corrected chi connectivity index (χ1v) is 3.74. The Balaban J connectivity index is 4.11. The number of aliphatic carboxylic acids is 1. The second-order valence-electron chi connectivity index (χ2n) is 2.33. The molecule has 0 saturated carbocycles. The van der Waals surface area contributed by atoms with Crippen LogP contribution in [-0.4, -0.2) is 23.7 Å². The molecule has 4 nitrogen and oxygen atoms in total. The minimum atomic E-state index is -1.02. The Bertz CT molecular complexity index is 240. The predicted molar refractivity (Wildman–Crippen MR) is 47.2 cm³/mol. The second-order valence-corrected chi connectivity index (χ2v) is 2.33. The SMILES string of the molecule is C=CC/C(=C\COC(C)=O)C(=O)O. The van der Waals surface area contributed by atoms with E-state index >= 15 is 0 Å². The Morgan fingerprint density at radius 2 is 2.15 bits per heavy atom. The molecule has 4 heteroatoms. The lowest BCUT2D eigenvalue weighted by Gasteiger charge is -1.99. The van der Waals surface area contributed by atoms with Gasteiger partial charge in [-0.3, -0.25) is 4.79 Å². The van der Waals surface area contributed by atoms with Gasteiger partial charge >= 0.3 is 11.9 Å². The highest BCUT2D eigenvalue weighted by atomic mass is 16.5. The summed E-state index contributed by atoms with van der Waals surface area (Å²) in [6, 6.07) is 0. The minimum absolute atomic E-state index is 0.00912. The standard InChI is InChI=1S/C9H12O4/c1-3-4-8(9(11)12)5-6-13-7(2)10/h3,5H,1,4,6H2,2H3,(H,11,12)/b8-5+. The Kier molecular flexibility index (Phi) is 5.27. The fraction of sp³-hybridized carbons (Fsp3) is 0.333. The predicted octanol–water partition coefficient (Wildman–Crippen LogP) is 1.14. The maximum absolute atomic E-state index is 10.5. The van der Waals surface area contributed by atoms with E-state index < -0.39 is 11.9 Å². The van der Waals surface area contributed by atoms with Crippen molar-refractivity contribution in [3.05, 3.63) is 24.3 Å². The van der Waals surface area contributed by atoms with Crippen LogP contribution in [0.4, 0.5) is 0 Å². The van der Waals surface area contributed by atoms with Gasteiger partial charge in [0.05, 0.1) is 0 Å². The Labute approximate surface area is 76.5 Å². The highest BCUT2D eigenvalue weighted by Crippen LogP contribution is 2.01. The lowest BCUT2D eigenvalue weighted by Crippen LogP contribution is -2.03. The second kappa shape index (κ2) is 5.99. The molecule has 0 atom stereocenters. The van der Waals surface area contributed by atoms with Gasteiger partial charge in [-0.15, -0.1) is 6.58 Å². The Hall–Kier alpha value is -1.58. The van der Waals surface area contributed by atoms with Crippen LogP contribution in [0.5, 0.6) is 0 Å². The quantitative estimate of drug-likeness (QED) is 0.395. The Morgan fingerprint density at radius 1 is 1.54 bits per heavy atom. The highest BCUT2D eigenvalue weighted by Gasteiger charge is 2.03. The zero-order valence-corrected chi connectivity index (χ0v) is 7.45. The van der Waals surface area contributed by atoms with Gasteiger partial charge in [0, 0.05) is 12.5 Å². The van der Waals surface area contributed by atoms with Crippen LogP contribution in [0.3, 0.4) is 0 Å². The summed E-state index contributed by atoms with van der Waals surface area (Å²) in [6.07, 6.45) is 3.09. The van der Waals surface area contributed by atoms with Crippen molar-refractivity contribution in [2.45, 2.75) is 13.3 Å². The van der Waals surface area contributed by atoms with Crippen molar-refractivity contribution < 1.29 is 19.4 Å². The first-order valence-electron chi connectivity index (χ1n) is 3.74. The van der Waals surface area contributed by atoms with Gasteiger partial charge < -0.3 is 9.84 Å². The molecule has 0 aromatic carbocycles. The van der Waals surface area contributed by atoms with Gasteiger partial charge in [-0.1, -0.05) is 6.08 Å². The smallest absolute Gasteiger partial charge is 0.331 e. The van der Waals surface area contributed by atoms with Crippen LogP contribution in [0.1, 0.15) is 13.3 Å².